The number of furan rings is 1. The molecular weight excluding hydrogens is 863 g/mol. The molecular formula is C62H33N5OS. The zero-order valence-corrected chi connectivity index (χ0v) is 37.4. The SMILES string of the molecule is N#Cc1c(-n2c3ccccc3c3ccccc32)c(-c2ccc3oc4ccccc4c3c2)c(-n2c3ccccc3c3ccccc32)c(C#N)c1-n1c2ccccc2c2c3c(ccc21)sc1ccccc13. The summed E-state index contributed by atoms with van der Waals surface area (Å²) in [7, 11) is 0. The van der Waals surface area contributed by atoms with E-state index in [0.29, 0.717) is 28.2 Å². The lowest BCUT2D eigenvalue weighted by Gasteiger charge is -2.26. The number of nitriles is 2. The van der Waals surface area contributed by atoms with Gasteiger partial charge >= 0.3 is 0 Å². The summed E-state index contributed by atoms with van der Waals surface area (Å²) in [6, 6.07) is 75.3. The first kappa shape index (κ1) is 37.8. The van der Waals surface area contributed by atoms with Crippen LogP contribution in [0.15, 0.2) is 205 Å². The van der Waals surface area contributed by atoms with Gasteiger partial charge in [-0.3, -0.25) is 0 Å². The van der Waals surface area contributed by atoms with Crippen molar-refractivity contribution >= 4 is 119 Å². The van der Waals surface area contributed by atoms with Crippen LogP contribution in [-0.4, -0.2) is 13.7 Å². The highest BCUT2D eigenvalue weighted by Gasteiger charge is 2.33. The van der Waals surface area contributed by atoms with Crippen molar-refractivity contribution < 1.29 is 4.42 Å². The first-order valence-electron chi connectivity index (χ1n) is 23.0. The van der Waals surface area contributed by atoms with Crippen LogP contribution in [-0.2, 0) is 0 Å². The number of para-hydroxylation sites is 6. The van der Waals surface area contributed by atoms with Gasteiger partial charge in [0, 0.05) is 68.8 Å². The molecule has 0 bridgehead atoms. The van der Waals surface area contributed by atoms with E-state index in [0.717, 1.165) is 98.5 Å². The summed E-state index contributed by atoms with van der Waals surface area (Å²) in [6.45, 7) is 0. The van der Waals surface area contributed by atoms with E-state index in [4.69, 9.17) is 4.42 Å². The lowest BCUT2D eigenvalue weighted by atomic mass is 9.91. The lowest BCUT2D eigenvalue weighted by Crippen LogP contribution is -2.14. The fourth-order valence-corrected chi connectivity index (χ4v) is 12.7. The quantitative estimate of drug-likeness (QED) is 0.177. The monoisotopic (exact) mass is 895 g/mol. The summed E-state index contributed by atoms with van der Waals surface area (Å²) in [5, 5.41) is 35.3. The maximum atomic E-state index is 12.3. The minimum atomic E-state index is 0.382. The molecule has 0 N–H and O–H groups in total. The van der Waals surface area contributed by atoms with Crippen molar-refractivity contribution in [1.29, 1.82) is 10.5 Å². The second-order valence-electron chi connectivity index (χ2n) is 17.7. The Balaban J connectivity index is 1.24. The molecule has 5 aromatic heterocycles. The van der Waals surface area contributed by atoms with Gasteiger partial charge < -0.3 is 18.1 Å². The molecule has 10 aromatic carbocycles. The minimum absolute atomic E-state index is 0.382. The highest BCUT2D eigenvalue weighted by atomic mass is 32.1. The Kier molecular flexibility index (Phi) is 7.70. The van der Waals surface area contributed by atoms with Gasteiger partial charge in [-0.1, -0.05) is 133 Å². The summed E-state index contributed by atoms with van der Waals surface area (Å²) in [4.78, 5) is 0. The number of nitrogens with zero attached hydrogens (tertiary/aromatic N) is 5. The summed E-state index contributed by atoms with van der Waals surface area (Å²) >= 11 is 1.79. The van der Waals surface area contributed by atoms with Crippen LogP contribution in [0.3, 0.4) is 0 Å². The van der Waals surface area contributed by atoms with Crippen molar-refractivity contribution in [3.05, 3.63) is 211 Å². The standard InChI is InChI=1S/C62H33N5OS/c63-34-45-60(67-51-26-12-5-20-42(51)58-52(67)30-32-56-59(58)43-21-7-14-28-55(43)69-56)46(35-64)62(66-49-24-10-3-17-39(49)40-18-4-11-25-50(40)66)57(36-29-31-54-44(33-36)41-19-6-13-27-53(41)68-54)61(45)65-47-22-8-1-15-37(47)38-16-2-9-23-48(38)65/h1-33H. The van der Waals surface area contributed by atoms with Crippen LogP contribution in [0.5, 0.6) is 0 Å². The van der Waals surface area contributed by atoms with Crippen molar-refractivity contribution in [1.82, 2.24) is 13.7 Å². The molecule has 318 valence electrons. The van der Waals surface area contributed by atoms with Crippen LogP contribution in [0.1, 0.15) is 11.1 Å². The van der Waals surface area contributed by atoms with Gasteiger partial charge in [0.25, 0.3) is 0 Å². The van der Waals surface area contributed by atoms with Crippen LogP contribution in [0.4, 0.5) is 0 Å². The molecule has 0 amide bonds. The van der Waals surface area contributed by atoms with Gasteiger partial charge in [0.15, 0.2) is 0 Å². The smallest absolute Gasteiger partial charge is 0.135 e. The van der Waals surface area contributed by atoms with Gasteiger partial charge in [-0.15, -0.1) is 11.3 Å². The zero-order valence-electron chi connectivity index (χ0n) is 36.6. The minimum Gasteiger partial charge on any atom is -0.456 e. The molecule has 0 saturated heterocycles. The Bertz CT molecular complexity index is 4570. The molecule has 0 unspecified atom stereocenters. The molecule has 7 heteroatoms. The second kappa shape index (κ2) is 14.1. The Morgan fingerprint density at radius 1 is 0.348 bits per heavy atom. The zero-order chi connectivity index (χ0) is 45.5. The summed E-state index contributed by atoms with van der Waals surface area (Å²) in [6.07, 6.45) is 0. The van der Waals surface area contributed by atoms with E-state index < -0.39 is 0 Å². The molecule has 0 saturated carbocycles. The molecule has 15 aromatic rings. The third kappa shape index (κ3) is 5.01. The van der Waals surface area contributed by atoms with Crippen LogP contribution in [0.25, 0.3) is 136 Å². The van der Waals surface area contributed by atoms with Crippen molar-refractivity contribution in [3.63, 3.8) is 0 Å². The number of hydrogen-bond donors (Lipinski definition) is 0. The summed E-state index contributed by atoms with van der Waals surface area (Å²) < 4.78 is 15.6. The Morgan fingerprint density at radius 3 is 1.36 bits per heavy atom. The Hall–Kier alpha value is -9.40. The van der Waals surface area contributed by atoms with E-state index in [1.807, 2.05) is 24.3 Å². The second-order valence-corrected chi connectivity index (χ2v) is 18.8. The van der Waals surface area contributed by atoms with E-state index in [2.05, 4.69) is 202 Å². The largest absolute Gasteiger partial charge is 0.456 e. The van der Waals surface area contributed by atoms with Crippen molar-refractivity contribution in [2.24, 2.45) is 0 Å². The topological polar surface area (TPSA) is 75.5 Å². The third-order valence-electron chi connectivity index (χ3n) is 14.3. The molecule has 0 spiro atoms. The summed E-state index contributed by atoms with van der Waals surface area (Å²) in [5.74, 6) is 0. The first-order chi connectivity index (χ1) is 34.2. The van der Waals surface area contributed by atoms with Crippen molar-refractivity contribution in [2.45, 2.75) is 0 Å². The predicted octanol–water partition coefficient (Wildman–Crippen LogP) is 16.7. The van der Waals surface area contributed by atoms with Gasteiger partial charge in [0.05, 0.1) is 50.2 Å². The Morgan fingerprint density at radius 2 is 0.797 bits per heavy atom. The summed E-state index contributed by atoms with van der Waals surface area (Å²) in [5.41, 5.74) is 11.4. The average molecular weight is 896 g/mol. The Labute approximate surface area is 397 Å². The van der Waals surface area contributed by atoms with Crippen molar-refractivity contribution in [3.8, 4) is 40.3 Å². The first-order valence-corrected chi connectivity index (χ1v) is 23.8. The van der Waals surface area contributed by atoms with Crippen LogP contribution < -0.4 is 0 Å². The fourth-order valence-electron chi connectivity index (χ4n) is 11.6. The molecule has 0 aliphatic rings. The van der Waals surface area contributed by atoms with E-state index in [9.17, 15) is 10.5 Å². The van der Waals surface area contributed by atoms with E-state index in [-0.39, 0.29) is 0 Å². The van der Waals surface area contributed by atoms with Crippen molar-refractivity contribution in [2.75, 3.05) is 0 Å². The molecule has 15 rings (SSSR count). The van der Waals surface area contributed by atoms with Gasteiger partial charge in [-0.05, 0) is 72.3 Å². The molecule has 0 aliphatic heterocycles. The molecule has 5 heterocycles. The molecule has 6 nitrogen and oxygen atoms in total. The van der Waals surface area contributed by atoms with Crippen LogP contribution in [0, 0.1) is 22.7 Å². The third-order valence-corrected chi connectivity index (χ3v) is 15.5. The van der Waals surface area contributed by atoms with Gasteiger partial charge in [0.1, 0.15) is 34.4 Å². The number of rotatable bonds is 4. The van der Waals surface area contributed by atoms with E-state index in [1.165, 1.54) is 20.2 Å². The molecule has 0 radical (unpaired) electrons. The molecule has 69 heavy (non-hydrogen) atoms. The maximum Gasteiger partial charge on any atom is 0.135 e. The average Bonchev–Trinajstić information content (AvgIpc) is 4.21. The van der Waals surface area contributed by atoms with E-state index >= 15 is 0 Å². The highest BCUT2D eigenvalue weighted by molar-refractivity contribution is 7.26. The lowest BCUT2D eigenvalue weighted by molar-refractivity contribution is 0.669. The van der Waals surface area contributed by atoms with Crippen LogP contribution in [0.2, 0.25) is 0 Å². The predicted molar refractivity (Wildman–Crippen MR) is 284 cm³/mol. The van der Waals surface area contributed by atoms with Gasteiger partial charge in [0.2, 0.25) is 0 Å². The number of aromatic nitrogens is 3. The molecule has 0 aliphatic carbocycles. The molecule has 0 atom stereocenters. The number of fused-ring (bicyclic) bond motifs is 16. The number of thiophene rings is 1. The van der Waals surface area contributed by atoms with Crippen LogP contribution >= 0.6 is 11.3 Å². The van der Waals surface area contributed by atoms with Gasteiger partial charge in [-0.25, -0.2) is 0 Å². The van der Waals surface area contributed by atoms with E-state index in [1.54, 1.807) is 11.3 Å². The number of benzene rings is 10. The maximum absolute atomic E-state index is 12.3. The van der Waals surface area contributed by atoms with Gasteiger partial charge in [-0.2, -0.15) is 10.5 Å². The fraction of sp³-hybridized carbons (Fsp3) is 0. The molecule has 0 fully saturated rings. The number of hydrogen-bond acceptors (Lipinski definition) is 4. The normalized spacial score (nSPS) is 12.0. The highest BCUT2D eigenvalue weighted by Crippen LogP contribution is 2.51.